The highest BCUT2D eigenvalue weighted by Gasteiger charge is 2.45. The van der Waals surface area contributed by atoms with Gasteiger partial charge in [-0.25, -0.2) is 53.9 Å². The number of nitrogens with one attached hydrogen (secondary N) is 3. The average Bonchev–Trinajstić information content (AvgIpc) is 1.67. The van der Waals surface area contributed by atoms with Gasteiger partial charge in [0.1, 0.15) is 65.4 Å². The maximum absolute atomic E-state index is 13.6. The number of nitrogens with zero attached hydrogens (tertiary/aromatic N) is 14. The smallest absolute Gasteiger partial charge is 0.497 e. The number of imidazole rings is 3. The van der Waals surface area contributed by atoms with Gasteiger partial charge in [-0.05, 0) is 197 Å². The molecule has 3 saturated heterocycles. The van der Waals surface area contributed by atoms with Crippen LogP contribution in [-0.2, 0) is 19.3 Å². The van der Waals surface area contributed by atoms with Crippen LogP contribution in [0.3, 0.4) is 0 Å². The topological polar surface area (TPSA) is 246 Å². The van der Waals surface area contributed by atoms with Crippen molar-refractivity contribution in [2.45, 2.75) is 122 Å². The quantitative estimate of drug-likeness (QED) is 0.0638. The normalized spacial score (nSPS) is 17.2. The Kier molecular flexibility index (Phi) is 19.8. The molecule has 8 aliphatic rings. The molecule has 12 heterocycles. The number of aryl methyl sites for hydroxylation is 3. The third kappa shape index (κ3) is 15.2. The number of hydrogen-bond donors (Lipinski definition) is 3. The molecule has 5 aromatic carbocycles. The minimum absolute atomic E-state index is 0.0129. The molecule has 23 nitrogen and oxygen atoms in total. The number of allylic oxidation sites excluding steroid dienone is 3. The number of rotatable bonds is 15. The lowest BCUT2D eigenvalue weighted by atomic mass is 9.96. The molecule has 0 saturated carbocycles. The molecule has 594 valence electrons. The molecule has 1 atom stereocenters. The van der Waals surface area contributed by atoms with Crippen LogP contribution in [0.2, 0.25) is 0 Å². The number of fused-ring (bicyclic) bond motifs is 5. The lowest BCUT2D eigenvalue weighted by Gasteiger charge is -2.32. The second kappa shape index (κ2) is 30.9. The summed E-state index contributed by atoms with van der Waals surface area (Å²) in [5.41, 5.74) is 21.7. The van der Waals surface area contributed by atoms with E-state index in [9.17, 15) is 22.0 Å². The maximum Gasteiger partial charge on any atom is 0.586 e. The zero-order valence-corrected chi connectivity index (χ0v) is 65.1. The Balaban J connectivity index is 0.000000121. The van der Waals surface area contributed by atoms with Crippen molar-refractivity contribution in [3.63, 3.8) is 0 Å². The van der Waals surface area contributed by atoms with E-state index in [0.717, 1.165) is 238 Å². The minimum Gasteiger partial charge on any atom is -0.497 e. The predicted molar refractivity (Wildman–Crippen MR) is 434 cm³/mol. The van der Waals surface area contributed by atoms with Gasteiger partial charge in [0, 0.05) is 144 Å². The highest BCUT2D eigenvalue weighted by molar-refractivity contribution is 5.93. The van der Waals surface area contributed by atoms with Gasteiger partial charge >= 0.3 is 12.6 Å². The number of alkyl halides is 5. The van der Waals surface area contributed by atoms with Crippen LogP contribution >= 0.6 is 0 Å². The summed E-state index contributed by atoms with van der Waals surface area (Å²) in [5, 5.41) is 4.15. The molecule has 1 unspecified atom stereocenters. The Morgan fingerprint density at radius 2 is 0.855 bits per heavy atom. The zero-order valence-electron chi connectivity index (χ0n) is 65.1. The van der Waals surface area contributed by atoms with Crippen LogP contribution in [0.15, 0.2) is 141 Å². The monoisotopic (exact) mass is 1580 g/mol. The van der Waals surface area contributed by atoms with Crippen molar-refractivity contribution in [2.24, 2.45) is 0 Å². The van der Waals surface area contributed by atoms with E-state index in [4.69, 9.17) is 30.8 Å². The average molecular weight is 1580 g/mol. The van der Waals surface area contributed by atoms with Crippen molar-refractivity contribution >= 4 is 52.4 Å². The number of hydrogen-bond acceptors (Lipinski definition) is 19. The fraction of sp³-hybridized carbons (Fsp3) is 0.303. The van der Waals surface area contributed by atoms with E-state index < -0.39 is 18.9 Å². The van der Waals surface area contributed by atoms with E-state index in [1.165, 1.54) is 34.9 Å². The fourth-order valence-corrected chi connectivity index (χ4v) is 16.9. The van der Waals surface area contributed by atoms with Crippen molar-refractivity contribution in [1.82, 2.24) is 69.6 Å². The number of benzene rings is 5. The third-order valence-corrected chi connectivity index (χ3v) is 23.0. The molecule has 3 N–H and O–H groups in total. The number of anilines is 3. The summed E-state index contributed by atoms with van der Waals surface area (Å²) in [4.78, 5) is 59.8. The van der Waals surface area contributed by atoms with Gasteiger partial charge in [-0.1, -0.05) is 30.2 Å². The first-order valence-corrected chi connectivity index (χ1v) is 39.2. The Bertz CT molecular complexity index is 5920. The van der Waals surface area contributed by atoms with Crippen LogP contribution in [0.25, 0.3) is 68.7 Å². The number of H-pyrrole nitrogens is 3. The number of methoxy groups -OCH3 is 2. The summed E-state index contributed by atoms with van der Waals surface area (Å²) in [5.74, 6) is 11.0. The SMILES string of the molecule is C#Cc1ccc(C2=Cc3c(ncnc3N3CCC(c4nc(-c5ccc6c(c5)OC(F)(F)O6)c(C)[nH]4)CC3)C2)cc1.COc1ccc(-c2nc(C3CCN(c4ncnc5c4C=C(c4cnn(C(C)F)c4)C5)CC3)[nH]c2C)cc1.COc1cccc(C2=Cc3c(ncnc3N3CCC(c4nc(-c5ccc6c(c5)OC(F)(F)O6)c(C)[nH]4)CC3)C2)c1. The van der Waals surface area contributed by atoms with Gasteiger partial charge in [-0.15, -0.1) is 24.0 Å². The molecule has 117 heavy (non-hydrogen) atoms. The van der Waals surface area contributed by atoms with Gasteiger partial charge in [0.15, 0.2) is 29.3 Å². The Labute approximate surface area is 671 Å². The lowest BCUT2D eigenvalue weighted by molar-refractivity contribution is -0.287. The van der Waals surface area contributed by atoms with E-state index in [-0.39, 0.29) is 34.8 Å². The first-order valence-electron chi connectivity index (χ1n) is 39.2. The van der Waals surface area contributed by atoms with E-state index in [1.807, 2.05) is 50.2 Å². The Morgan fingerprint density at radius 3 is 1.26 bits per heavy atom. The standard InChI is InChI=1S/C31H25F2N5O2.C30H27F2N5O3.C28H30FN7O/c1-3-19-4-6-20(7-5-19)23-14-24-25(15-23)34-17-35-30(24)38-12-10-21(11-13-38)29-36-18(2)28(37-29)22-8-9-26-27(16-22)40-31(32,33)39-26;1-17-27(20-6-7-25-26(15-20)40-30(31,32)39-25)36-28(35-17)18-8-10-37(11-9-18)29-23-13-21(14-24(23)33-16-34-29)19-4-3-5-22(12-19)38-2;1-17-26(19-4-6-23(37-3)7-5-19)34-27(33-17)20-8-10-35(11-9-20)28-24-12-21(13-25(24)30-16-31-28)22-14-32-36(15-22)18(2)29/h1,4-9,14,16-17,21H,10-13,15H2,2H3,(H,36,37);3-7,12-13,15-16,18H,8-11,14H2,1-2H3,(H,35,36);4-7,12,14-16,18,20H,8-11,13H2,1-3H3,(H,33,34). The maximum atomic E-state index is 13.6. The van der Waals surface area contributed by atoms with E-state index in [0.29, 0.717) is 23.5 Å². The predicted octanol–water partition coefficient (Wildman–Crippen LogP) is 17.3. The Morgan fingerprint density at radius 1 is 0.462 bits per heavy atom. The van der Waals surface area contributed by atoms with Crippen molar-refractivity contribution < 1.29 is 50.4 Å². The number of ether oxygens (including phenoxy) is 6. The molecular weight excluding hydrogens is 1500 g/mol. The minimum atomic E-state index is -3.64. The van der Waals surface area contributed by atoms with E-state index >= 15 is 0 Å². The summed E-state index contributed by atoms with van der Waals surface area (Å²) in [6, 6.07) is 33.7. The molecule has 0 amide bonds. The second-order valence-corrected chi connectivity index (χ2v) is 30.4. The summed E-state index contributed by atoms with van der Waals surface area (Å²) < 4.78 is 97.8. The molecule has 7 aromatic heterocycles. The van der Waals surface area contributed by atoms with E-state index in [1.54, 1.807) is 69.9 Å². The molecule has 3 aliphatic carbocycles. The zero-order chi connectivity index (χ0) is 80.4. The van der Waals surface area contributed by atoms with Crippen molar-refractivity contribution in [3.05, 3.63) is 231 Å². The Hall–Kier alpha value is -13.2. The van der Waals surface area contributed by atoms with Crippen LogP contribution in [0, 0.1) is 33.1 Å². The van der Waals surface area contributed by atoms with Crippen LogP contribution < -0.4 is 43.1 Å². The summed E-state index contributed by atoms with van der Waals surface area (Å²) in [6.07, 6.45) is 19.9. The van der Waals surface area contributed by atoms with Gasteiger partial charge in [0.05, 0.1) is 54.6 Å². The number of halogens is 5. The lowest BCUT2D eigenvalue weighted by Crippen LogP contribution is -2.34. The van der Waals surface area contributed by atoms with Crippen LogP contribution in [0.4, 0.5) is 39.4 Å². The molecule has 0 spiro atoms. The number of piperidine rings is 3. The van der Waals surface area contributed by atoms with Gasteiger partial charge < -0.3 is 58.1 Å². The molecule has 0 radical (unpaired) electrons. The van der Waals surface area contributed by atoms with Crippen LogP contribution in [0.1, 0.15) is 160 Å². The number of aromatic amines is 3. The van der Waals surface area contributed by atoms with Crippen LogP contribution in [-0.4, -0.2) is 136 Å². The van der Waals surface area contributed by atoms with E-state index in [2.05, 4.69) is 151 Å². The first kappa shape index (κ1) is 75.2. The molecule has 5 aliphatic heterocycles. The molecule has 0 bridgehead atoms. The molecule has 12 aromatic rings. The van der Waals surface area contributed by atoms with Gasteiger partial charge in [-0.3, -0.25) is 0 Å². The van der Waals surface area contributed by atoms with Crippen molar-refractivity contribution in [3.8, 4) is 80.6 Å². The molecule has 28 heteroatoms. The summed E-state index contributed by atoms with van der Waals surface area (Å²) >= 11 is 0. The molecule has 3 fully saturated rings. The largest absolute Gasteiger partial charge is 0.586 e. The summed E-state index contributed by atoms with van der Waals surface area (Å²) in [6.45, 7) is 12.6. The highest BCUT2D eigenvalue weighted by Crippen LogP contribution is 2.48. The number of aromatic nitrogens is 14. The molecular formula is C89H82F5N17O6. The van der Waals surface area contributed by atoms with Crippen molar-refractivity contribution in [2.75, 3.05) is 68.2 Å². The fourth-order valence-electron chi connectivity index (χ4n) is 16.9. The van der Waals surface area contributed by atoms with Gasteiger partial charge in [0.2, 0.25) is 0 Å². The number of terminal acetylenes is 1. The highest BCUT2D eigenvalue weighted by atomic mass is 19.3. The van der Waals surface area contributed by atoms with Crippen LogP contribution in [0.5, 0.6) is 34.5 Å². The van der Waals surface area contributed by atoms with Crippen molar-refractivity contribution in [1.29, 1.82) is 0 Å². The van der Waals surface area contributed by atoms with Gasteiger partial charge in [-0.2, -0.15) is 5.10 Å². The third-order valence-electron chi connectivity index (χ3n) is 23.0. The summed E-state index contributed by atoms with van der Waals surface area (Å²) in [7, 11) is 3.35. The molecule has 20 rings (SSSR count). The second-order valence-electron chi connectivity index (χ2n) is 30.4. The van der Waals surface area contributed by atoms with Gasteiger partial charge in [0.25, 0.3) is 0 Å². The first-order chi connectivity index (χ1) is 56.7.